The maximum Gasteiger partial charge on any atom is 0.0564 e. The van der Waals surface area contributed by atoms with E-state index in [0.717, 1.165) is 11.8 Å². The minimum Gasteiger partial charge on any atom is -0.381 e. The Kier molecular flexibility index (Phi) is 3.45. The summed E-state index contributed by atoms with van der Waals surface area (Å²) in [5.74, 6) is 2.15. The molecule has 0 aromatic carbocycles. The quantitative estimate of drug-likeness (QED) is 0.668. The molecule has 5 aliphatic heterocycles. The summed E-state index contributed by atoms with van der Waals surface area (Å²) in [6.45, 7) is 3.81. The first kappa shape index (κ1) is 15.6. The van der Waals surface area contributed by atoms with E-state index in [1.165, 1.54) is 58.2 Å². The highest BCUT2D eigenvalue weighted by Gasteiger charge is 2.52. The minimum atomic E-state index is 0.614. The molecule has 6 aliphatic rings. The molecule has 0 spiro atoms. The monoisotopic (exact) mass is 349 g/mol. The van der Waals surface area contributed by atoms with Gasteiger partial charge in [-0.2, -0.15) is 0 Å². The fourth-order valence-corrected chi connectivity index (χ4v) is 6.74. The molecule has 5 atom stereocenters. The van der Waals surface area contributed by atoms with Crippen molar-refractivity contribution in [3.63, 3.8) is 0 Å². The van der Waals surface area contributed by atoms with E-state index >= 15 is 0 Å². The van der Waals surface area contributed by atoms with Gasteiger partial charge in [0.25, 0.3) is 0 Å². The van der Waals surface area contributed by atoms with E-state index in [9.17, 15) is 0 Å². The van der Waals surface area contributed by atoms with Crippen LogP contribution in [-0.4, -0.2) is 53.5 Å². The lowest BCUT2D eigenvalue weighted by atomic mass is 9.77. The topological polar surface area (TPSA) is 9.72 Å². The Morgan fingerprint density at radius 3 is 2.85 bits per heavy atom. The molecule has 1 saturated heterocycles. The number of allylic oxidation sites excluding steroid dienone is 2. The Bertz CT molecular complexity index is 730. The molecule has 6 rings (SSSR count). The van der Waals surface area contributed by atoms with Gasteiger partial charge in [-0.1, -0.05) is 24.3 Å². The summed E-state index contributed by atoms with van der Waals surface area (Å²) in [6, 6.07) is 1.39. The van der Waals surface area contributed by atoms with Gasteiger partial charge in [0.15, 0.2) is 0 Å². The van der Waals surface area contributed by atoms with Crippen molar-refractivity contribution in [3.05, 3.63) is 47.5 Å². The molecule has 0 saturated carbocycles. The molecule has 3 nitrogen and oxygen atoms in total. The predicted molar refractivity (Wildman–Crippen MR) is 105 cm³/mol. The zero-order chi connectivity index (χ0) is 17.3. The third kappa shape index (κ3) is 2.10. The van der Waals surface area contributed by atoms with Crippen LogP contribution in [0.3, 0.4) is 0 Å². The van der Waals surface area contributed by atoms with Gasteiger partial charge in [0.2, 0.25) is 0 Å². The summed E-state index contributed by atoms with van der Waals surface area (Å²) in [7, 11) is 2.20. The summed E-state index contributed by atoms with van der Waals surface area (Å²) in [5, 5.41) is 0. The predicted octanol–water partition coefficient (Wildman–Crippen LogP) is 3.74. The van der Waals surface area contributed by atoms with Gasteiger partial charge in [0.1, 0.15) is 0 Å². The highest BCUT2D eigenvalue weighted by molar-refractivity contribution is 5.43. The van der Waals surface area contributed by atoms with Crippen molar-refractivity contribution >= 4 is 0 Å². The number of hydrogen-bond acceptors (Lipinski definition) is 3. The van der Waals surface area contributed by atoms with Crippen molar-refractivity contribution in [1.29, 1.82) is 0 Å². The summed E-state index contributed by atoms with van der Waals surface area (Å²) >= 11 is 0. The van der Waals surface area contributed by atoms with Crippen molar-refractivity contribution in [3.8, 4) is 0 Å². The SMILES string of the molecule is CN1C=CC(C2=CC3CCCN4CCC5=C(C34)N2C2CC=CCC52)CC1. The standard InChI is InChI=1S/C23H31N3/c1-24-12-8-16(9-13-24)21-15-17-5-4-11-25-14-10-19-18-6-2-3-7-20(18)26(21)23(19)22(17)25/h2-3,8,12,15-18,20,22H,4-7,9-11,13-14H2,1H3. The van der Waals surface area contributed by atoms with E-state index in [2.05, 4.69) is 52.3 Å². The molecule has 3 heteroatoms. The number of piperidine rings is 1. The Labute approximate surface area is 157 Å². The average Bonchev–Trinajstić information content (AvgIpc) is 3.03. The van der Waals surface area contributed by atoms with Gasteiger partial charge < -0.3 is 9.80 Å². The minimum absolute atomic E-state index is 0.614. The summed E-state index contributed by atoms with van der Waals surface area (Å²) in [5.41, 5.74) is 5.27. The van der Waals surface area contributed by atoms with Crippen LogP contribution < -0.4 is 0 Å². The molecule has 26 heavy (non-hydrogen) atoms. The van der Waals surface area contributed by atoms with E-state index in [1.807, 2.05) is 5.57 Å². The van der Waals surface area contributed by atoms with Gasteiger partial charge >= 0.3 is 0 Å². The van der Waals surface area contributed by atoms with Crippen LogP contribution >= 0.6 is 0 Å². The lowest BCUT2D eigenvalue weighted by molar-refractivity contribution is 0.0916. The lowest BCUT2D eigenvalue weighted by Crippen LogP contribution is -2.54. The summed E-state index contributed by atoms with van der Waals surface area (Å²) < 4.78 is 0. The van der Waals surface area contributed by atoms with E-state index in [0.29, 0.717) is 18.0 Å². The molecule has 0 radical (unpaired) electrons. The second kappa shape index (κ2) is 5.76. The van der Waals surface area contributed by atoms with Gasteiger partial charge in [0, 0.05) is 55.3 Å². The molecule has 5 unspecified atom stereocenters. The third-order valence-electron chi connectivity index (χ3n) is 7.91. The van der Waals surface area contributed by atoms with Crippen molar-refractivity contribution < 1.29 is 0 Å². The van der Waals surface area contributed by atoms with Crippen molar-refractivity contribution in [2.24, 2.45) is 17.8 Å². The van der Waals surface area contributed by atoms with Crippen LogP contribution in [0, 0.1) is 17.8 Å². The Morgan fingerprint density at radius 1 is 1.04 bits per heavy atom. The average molecular weight is 350 g/mol. The number of fused-ring (bicyclic) bond motifs is 3. The molecule has 1 fully saturated rings. The van der Waals surface area contributed by atoms with Crippen molar-refractivity contribution in [1.82, 2.24) is 14.7 Å². The van der Waals surface area contributed by atoms with Crippen LogP contribution in [0.4, 0.5) is 0 Å². The van der Waals surface area contributed by atoms with Gasteiger partial charge in [-0.05, 0) is 56.8 Å². The molecule has 0 aromatic rings. The Morgan fingerprint density at radius 2 is 1.96 bits per heavy atom. The fraction of sp³-hybridized carbons (Fsp3) is 0.652. The fourth-order valence-electron chi connectivity index (χ4n) is 6.74. The van der Waals surface area contributed by atoms with E-state index < -0.39 is 0 Å². The number of nitrogens with zero attached hydrogens (tertiary/aromatic N) is 3. The van der Waals surface area contributed by atoms with Crippen LogP contribution in [0.1, 0.15) is 38.5 Å². The van der Waals surface area contributed by atoms with Gasteiger partial charge in [0.05, 0.1) is 6.04 Å². The second-order valence-corrected chi connectivity index (χ2v) is 9.24. The molecule has 0 bridgehead atoms. The summed E-state index contributed by atoms with van der Waals surface area (Å²) in [6.07, 6.45) is 20.3. The van der Waals surface area contributed by atoms with Crippen LogP contribution in [-0.2, 0) is 0 Å². The number of rotatable bonds is 1. The van der Waals surface area contributed by atoms with E-state index in [4.69, 9.17) is 0 Å². The zero-order valence-corrected chi connectivity index (χ0v) is 16.0. The van der Waals surface area contributed by atoms with Gasteiger partial charge in [-0.3, -0.25) is 4.90 Å². The van der Waals surface area contributed by atoms with Gasteiger partial charge in [-0.25, -0.2) is 0 Å². The number of hydrogen-bond donors (Lipinski definition) is 0. The molecule has 0 aromatic heterocycles. The normalized spacial score (nSPS) is 41.3. The van der Waals surface area contributed by atoms with Crippen LogP contribution in [0.5, 0.6) is 0 Å². The Hall–Kier alpha value is -1.48. The third-order valence-corrected chi connectivity index (χ3v) is 7.91. The van der Waals surface area contributed by atoms with Crippen LogP contribution in [0.25, 0.3) is 0 Å². The molecular weight excluding hydrogens is 318 g/mol. The molecule has 0 N–H and O–H groups in total. The zero-order valence-electron chi connectivity index (χ0n) is 16.0. The van der Waals surface area contributed by atoms with Gasteiger partial charge in [-0.15, -0.1) is 0 Å². The second-order valence-electron chi connectivity index (χ2n) is 9.24. The smallest absolute Gasteiger partial charge is 0.0564 e. The molecule has 1 aliphatic carbocycles. The van der Waals surface area contributed by atoms with Crippen molar-refractivity contribution in [2.75, 3.05) is 26.7 Å². The maximum atomic E-state index is 2.88. The highest BCUT2D eigenvalue weighted by atomic mass is 15.3. The molecule has 5 heterocycles. The largest absolute Gasteiger partial charge is 0.381 e. The van der Waals surface area contributed by atoms with E-state index in [-0.39, 0.29) is 0 Å². The lowest BCUT2D eigenvalue weighted by Gasteiger charge is -2.52. The van der Waals surface area contributed by atoms with Crippen molar-refractivity contribution in [2.45, 2.75) is 50.6 Å². The first-order valence-corrected chi connectivity index (χ1v) is 10.8. The molecular formula is C23H31N3. The molecule has 0 amide bonds. The first-order chi connectivity index (χ1) is 12.8. The van der Waals surface area contributed by atoms with Crippen LogP contribution in [0.15, 0.2) is 47.5 Å². The summed E-state index contributed by atoms with van der Waals surface area (Å²) in [4.78, 5) is 8.04. The highest BCUT2D eigenvalue weighted by Crippen LogP contribution is 2.54. The maximum absolute atomic E-state index is 2.88. The first-order valence-electron chi connectivity index (χ1n) is 10.8. The van der Waals surface area contributed by atoms with E-state index in [1.54, 1.807) is 11.4 Å². The van der Waals surface area contributed by atoms with Crippen LogP contribution in [0.2, 0.25) is 0 Å². The molecule has 138 valence electrons. The Balaban J connectivity index is 1.48.